The number of ether oxygens (including phenoxy) is 1. The third-order valence-corrected chi connectivity index (χ3v) is 6.86. The fourth-order valence-electron chi connectivity index (χ4n) is 4.20. The number of alkyl carbamates (subject to hydrolysis) is 1. The number of phenolic OH excluding ortho intramolecular Hbond substituents is 1. The molecule has 35 heavy (non-hydrogen) atoms. The highest BCUT2D eigenvalue weighted by molar-refractivity contribution is 7.15. The van der Waals surface area contributed by atoms with Crippen molar-refractivity contribution in [3.63, 3.8) is 0 Å². The number of hydrogen-bond acceptors (Lipinski definition) is 8. The van der Waals surface area contributed by atoms with Crippen LogP contribution in [0.1, 0.15) is 70.9 Å². The highest BCUT2D eigenvalue weighted by Gasteiger charge is 2.41. The molecule has 0 bridgehead atoms. The molecule has 11 heteroatoms. The summed E-state index contributed by atoms with van der Waals surface area (Å²) < 4.78 is 5.81. The van der Waals surface area contributed by atoms with Crippen molar-refractivity contribution in [1.82, 2.24) is 20.5 Å². The van der Waals surface area contributed by atoms with E-state index in [1.807, 2.05) is 13.8 Å². The summed E-state index contributed by atoms with van der Waals surface area (Å²) in [6.07, 6.45) is 3.21. The monoisotopic (exact) mass is 497 g/mol. The number of carbonyl (C=O) groups is 3. The van der Waals surface area contributed by atoms with Crippen LogP contribution >= 0.6 is 11.3 Å². The van der Waals surface area contributed by atoms with Gasteiger partial charge in [-0.2, -0.15) is 5.10 Å². The van der Waals surface area contributed by atoms with Crippen molar-refractivity contribution in [1.29, 1.82) is 0 Å². The molecular formula is C24H27N5O5S. The smallest absolute Gasteiger partial charge is 0.408 e. The van der Waals surface area contributed by atoms with E-state index in [9.17, 15) is 19.5 Å². The summed E-state index contributed by atoms with van der Waals surface area (Å²) in [5.41, 5.74) is 0.565. The Balaban J connectivity index is 1.53. The Morgan fingerprint density at radius 1 is 1.29 bits per heavy atom. The molecule has 4 N–H and O–H groups in total. The molecule has 10 nitrogen and oxygen atoms in total. The first-order valence-electron chi connectivity index (χ1n) is 11.3. The van der Waals surface area contributed by atoms with Crippen molar-refractivity contribution >= 4 is 35.4 Å². The molecule has 0 radical (unpaired) electrons. The molecule has 1 fully saturated rings. The zero-order valence-corrected chi connectivity index (χ0v) is 20.5. The first-order valence-corrected chi connectivity index (χ1v) is 12.2. The number of aromatic hydroxyl groups is 1. The van der Waals surface area contributed by atoms with Gasteiger partial charge in [-0.05, 0) is 52.5 Å². The van der Waals surface area contributed by atoms with Crippen LogP contribution in [-0.2, 0) is 10.3 Å². The normalized spacial score (nSPS) is 14.6. The molecule has 1 aromatic carbocycles. The van der Waals surface area contributed by atoms with Gasteiger partial charge in [0.25, 0.3) is 5.91 Å². The van der Waals surface area contributed by atoms with Gasteiger partial charge in [0.2, 0.25) is 0 Å². The number of carbonyl (C=O) groups excluding carboxylic acids is 3. The molecule has 4 rings (SSSR count). The van der Waals surface area contributed by atoms with Crippen molar-refractivity contribution in [2.24, 2.45) is 0 Å². The molecule has 1 aliphatic carbocycles. The van der Waals surface area contributed by atoms with E-state index in [0.29, 0.717) is 40.3 Å². The summed E-state index contributed by atoms with van der Waals surface area (Å²) in [6, 6.07) is 6.32. The van der Waals surface area contributed by atoms with Gasteiger partial charge < -0.3 is 20.5 Å². The Labute approximate surface area is 206 Å². The van der Waals surface area contributed by atoms with Crippen LogP contribution in [0.3, 0.4) is 0 Å². The predicted molar refractivity (Wildman–Crippen MR) is 131 cm³/mol. The van der Waals surface area contributed by atoms with E-state index in [-0.39, 0.29) is 28.9 Å². The minimum Gasteiger partial charge on any atom is -0.507 e. The van der Waals surface area contributed by atoms with E-state index in [1.54, 1.807) is 25.1 Å². The van der Waals surface area contributed by atoms with Gasteiger partial charge in [0.05, 0.1) is 11.3 Å². The zero-order valence-electron chi connectivity index (χ0n) is 19.7. The lowest BCUT2D eigenvalue weighted by atomic mass is 9.98. The minimum absolute atomic E-state index is 0.0497. The fraction of sp³-hybridized carbons (Fsp3) is 0.375. The van der Waals surface area contributed by atoms with Gasteiger partial charge in [-0.3, -0.25) is 14.7 Å². The van der Waals surface area contributed by atoms with Crippen LogP contribution in [-0.4, -0.2) is 44.6 Å². The van der Waals surface area contributed by atoms with Crippen molar-refractivity contribution < 1.29 is 24.2 Å². The molecule has 2 amide bonds. The van der Waals surface area contributed by atoms with Crippen LogP contribution in [0, 0.1) is 6.92 Å². The van der Waals surface area contributed by atoms with Crippen LogP contribution < -0.4 is 10.6 Å². The first-order chi connectivity index (χ1) is 16.7. The number of nitrogens with zero attached hydrogens (tertiary/aromatic N) is 2. The average Bonchev–Trinajstić information content (AvgIpc) is 3.53. The number of thiazole rings is 1. The molecule has 0 spiro atoms. The van der Waals surface area contributed by atoms with E-state index < -0.39 is 17.6 Å². The van der Waals surface area contributed by atoms with E-state index in [1.165, 1.54) is 17.4 Å². The largest absolute Gasteiger partial charge is 0.507 e. The maximum absolute atomic E-state index is 13.0. The Hall–Kier alpha value is -3.73. The van der Waals surface area contributed by atoms with Gasteiger partial charge in [-0.1, -0.05) is 12.1 Å². The number of aromatic nitrogens is 3. The van der Waals surface area contributed by atoms with Crippen molar-refractivity contribution in [3.8, 4) is 16.3 Å². The lowest BCUT2D eigenvalue weighted by Gasteiger charge is -2.28. The van der Waals surface area contributed by atoms with Gasteiger partial charge in [0.1, 0.15) is 16.5 Å². The van der Waals surface area contributed by atoms with Crippen LogP contribution in [0.25, 0.3) is 10.6 Å². The first kappa shape index (κ1) is 24.4. The maximum Gasteiger partial charge on any atom is 0.408 e. The second-order valence-corrected chi connectivity index (χ2v) is 9.99. The summed E-state index contributed by atoms with van der Waals surface area (Å²) in [6.45, 7) is 5.47. The summed E-state index contributed by atoms with van der Waals surface area (Å²) >= 11 is 1.25. The van der Waals surface area contributed by atoms with E-state index in [4.69, 9.17) is 4.74 Å². The zero-order chi connectivity index (χ0) is 25.2. The molecule has 2 aromatic heterocycles. The highest BCUT2D eigenvalue weighted by atomic mass is 32.1. The third kappa shape index (κ3) is 5.04. The van der Waals surface area contributed by atoms with Crippen molar-refractivity contribution in [2.45, 2.75) is 58.1 Å². The molecule has 0 atom stereocenters. The number of hydrogen-bond donors (Lipinski definition) is 4. The lowest BCUT2D eigenvalue weighted by Crippen LogP contribution is -2.38. The molecule has 0 saturated heterocycles. The number of aryl methyl sites for hydroxylation is 1. The molecule has 3 aromatic rings. The summed E-state index contributed by atoms with van der Waals surface area (Å²) in [7, 11) is 0. The predicted octanol–water partition coefficient (Wildman–Crippen LogP) is 4.52. The van der Waals surface area contributed by atoms with Gasteiger partial charge >= 0.3 is 6.09 Å². The molecule has 184 valence electrons. The van der Waals surface area contributed by atoms with Gasteiger partial charge in [0.15, 0.2) is 17.7 Å². The average molecular weight is 498 g/mol. The van der Waals surface area contributed by atoms with E-state index >= 15 is 0 Å². The molecular weight excluding hydrogens is 470 g/mol. The minimum atomic E-state index is -0.820. The summed E-state index contributed by atoms with van der Waals surface area (Å²) in [4.78, 5) is 41.8. The second-order valence-electron chi connectivity index (χ2n) is 8.79. The standard InChI is InChI=1S/C24H27N5O5S/c1-13(2)25-23(33)34-24(9-4-5-10-24)18-11-19(29-28-18)26-21(32)20-14(3)35-22(27-20)15-7-6-8-17(31)16(15)12-30/h6-8,11-13,31H,4-5,9-10H2,1-3H3,(H,25,33)(H2,26,28,29,32). The summed E-state index contributed by atoms with van der Waals surface area (Å²) in [5, 5.41) is 23.0. The quantitative estimate of drug-likeness (QED) is 0.351. The second kappa shape index (κ2) is 9.87. The van der Waals surface area contributed by atoms with Crippen LogP contribution in [0.4, 0.5) is 10.6 Å². The molecule has 2 heterocycles. The van der Waals surface area contributed by atoms with E-state index in [0.717, 1.165) is 12.8 Å². The number of benzene rings is 1. The highest BCUT2D eigenvalue weighted by Crippen LogP contribution is 2.42. The van der Waals surface area contributed by atoms with Crippen molar-refractivity contribution in [3.05, 3.63) is 46.1 Å². The van der Waals surface area contributed by atoms with Gasteiger partial charge in [-0.25, -0.2) is 9.78 Å². The molecule has 1 aliphatic rings. The SMILES string of the molecule is Cc1sc(-c2cccc(O)c2C=O)nc1C(=O)Nc1cc(C2(OC(=O)NC(C)C)CCCC2)[nH]n1. The van der Waals surface area contributed by atoms with Crippen LogP contribution in [0.5, 0.6) is 5.75 Å². The molecule has 0 unspecified atom stereocenters. The number of anilines is 1. The van der Waals surface area contributed by atoms with Gasteiger partial charge in [0, 0.05) is 22.5 Å². The Morgan fingerprint density at radius 2 is 2.03 bits per heavy atom. The van der Waals surface area contributed by atoms with Crippen LogP contribution in [0.15, 0.2) is 24.3 Å². The third-order valence-electron chi connectivity index (χ3n) is 5.86. The Morgan fingerprint density at radius 3 is 2.71 bits per heavy atom. The number of amides is 2. The van der Waals surface area contributed by atoms with Gasteiger partial charge in [-0.15, -0.1) is 11.3 Å². The molecule has 1 saturated carbocycles. The fourth-order valence-corrected chi connectivity index (χ4v) is 5.15. The number of phenols is 1. The maximum atomic E-state index is 13.0. The summed E-state index contributed by atoms with van der Waals surface area (Å²) in [5.74, 6) is -0.329. The van der Waals surface area contributed by atoms with Crippen molar-refractivity contribution in [2.75, 3.05) is 5.32 Å². The Kier molecular flexibility index (Phi) is 6.88. The number of H-pyrrole nitrogens is 1. The number of rotatable bonds is 7. The van der Waals surface area contributed by atoms with Crippen LogP contribution in [0.2, 0.25) is 0 Å². The lowest BCUT2D eigenvalue weighted by molar-refractivity contribution is 0.00803. The molecule has 0 aliphatic heterocycles. The topological polar surface area (TPSA) is 146 Å². The Bertz CT molecular complexity index is 1260. The van der Waals surface area contributed by atoms with E-state index in [2.05, 4.69) is 25.8 Å². The number of nitrogens with one attached hydrogen (secondary N) is 3. The number of aromatic amines is 1. The number of aldehydes is 1.